The molecular weight excluding hydrogens is 472 g/mol. The van der Waals surface area contributed by atoms with Crippen molar-refractivity contribution in [3.63, 3.8) is 0 Å². The third-order valence-corrected chi connectivity index (χ3v) is 6.15. The number of aromatic nitrogens is 2. The summed E-state index contributed by atoms with van der Waals surface area (Å²) in [6, 6.07) is 16.4. The van der Waals surface area contributed by atoms with E-state index in [1.807, 2.05) is 49.4 Å². The average Bonchev–Trinajstić information content (AvgIpc) is 3.20. The topological polar surface area (TPSA) is 108 Å². The Bertz CT molecular complexity index is 1340. The monoisotopic (exact) mass is 494 g/mol. The Kier molecular flexibility index (Phi) is 7.24. The summed E-state index contributed by atoms with van der Waals surface area (Å²) in [5.74, 6) is 1.02. The predicted octanol–water partition coefficient (Wildman–Crippen LogP) is 5.20. The maximum absolute atomic E-state index is 12.8. The number of nitrogens with zero attached hydrogens (tertiary/aromatic N) is 2. The zero-order valence-electron chi connectivity index (χ0n) is 18.6. The third kappa shape index (κ3) is 5.81. The van der Waals surface area contributed by atoms with Gasteiger partial charge in [0.2, 0.25) is 5.91 Å². The molecule has 0 saturated carbocycles. The van der Waals surface area contributed by atoms with Crippen molar-refractivity contribution in [2.45, 2.75) is 13.8 Å². The maximum Gasteiger partial charge on any atom is 0.255 e. The number of halogens is 1. The minimum atomic E-state index is -0.235. The molecule has 4 aromatic rings. The number of para-hydroxylation sites is 1. The molecule has 0 spiro atoms. The van der Waals surface area contributed by atoms with Crippen LogP contribution in [-0.2, 0) is 4.79 Å². The van der Waals surface area contributed by atoms with Crippen LogP contribution < -0.4 is 21.3 Å². The number of rotatable bonds is 8. The predicted molar refractivity (Wildman–Crippen MR) is 138 cm³/mol. The van der Waals surface area contributed by atoms with E-state index in [-0.39, 0.29) is 11.8 Å². The Balaban J connectivity index is 1.45. The zero-order valence-corrected chi connectivity index (χ0v) is 20.2. The van der Waals surface area contributed by atoms with E-state index < -0.39 is 0 Å². The van der Waals surface area contributed by atoms with Crippen molar-refractivity contribution in [2.24, 2.45) is 0 Å². The van der Waals surface area contributed by atoms with Crippen LogP contribution in [0.15, 0.2) is 54.6 Å². The number of nitrogens with one attached hydrogen (secondary N) is 4. The fraction of sp³-hybridized carbons (Fsp3) is 0.167. The number of hydrogen-bond acceptors (Lipinski definition) is 7. The van der Waals surface area contributed by atoms with E-state index in [0.29, 0.717) is 46.1 Å². The molecule has 0 aliphatic heterocycles. The summed E-state index contributed by atoms with van der Waals surface area (Å²) in [5.41, 5.74) is 2.80. The van der Waals surface area contributed by atoms with E-state index in [0.717, 1.165) is 15.8 Å². The summed E-state index contributed by atoms with van der Waals surface area (Å²) in [5, 5.41) is 13.2. The normalized spacial score (nSPS) is 10.7. The lowest BCUT2D eigenvalue weighted by atomic mass is 10.1. The van der Waals surface area contributed by atoms with Gasteiger partial charge in [0.25, 0.3) is 5.91 Å². The SMILES string of the molecule is CC(=O)NCCNc1cccc(Nc2nc3ccc(C(=O)Nc4c(C)cccc4Cl)cc3s2)n1. The fourth-order valence-corrected chi connectivity index (χ4v) is 4.42. The Morgan fingerprint density at radius 1 is 1.00 bits per heavy atom. The standard InChI is InChI=1S/C24H23ClN6O2S/c1-14-5-3-6-17(25)22(14)31-23(33)16-9-10-18-19(13-16)34-24(28-18)30-21-8-4-7-20(29-21)27-12-11-26-15(2)32/h3-10,13H,11-12H2,1-2H3,(H,26,32)(H,31,33)(H2,27,28,29,30). The summed E-state index contributed by atoms with van der Waals surface area (Å²) in [7, 11) is 0. The number of amides is 2. The first-order valence-electron chi connectivity index (χ1n) is 10.6. The molecule has 174 valence electrons. The van der Waals surface area contributed by atoms with Crippen LogP contribution in [0, 0.1) is 6.92 Å². The molecule has 4 N–H and O–H groups in total. The van der Waals surface area contributed by atoms with Crippen LogP contribution >= 0.6 is 22.9 Å². The number of pyridine rings is 1. The van der Waals surface area contributed by atoms with Crippen LogP contribution in [0.1, 0.15) is 22.8 Å². The van der Waals surface area contributed by atoms with Gasteiger partial charge in [0.1, 0.15) is 11.6 Å². The molecule has 10 heteroatoms. The molecule has 2 amide bonds. The van der Waals surface area contributed by atoms with Crippen LogP contribution in [-0.4, -0.2) is 34.9 Å². The molecule has 0 bridgehead atoms. The lowest BCUT2D eigenvalue weighted by Gasteiger charge is -2.10. The minimum Gasteiger partial charge on any atom is -0.368 e. The lowest BCUT2D eigenvalue weighted by molar-refractivity contribution is -0.118. The summed E-state index contributed by atoms with van der Waals surface area (Å²) < 4.78 is 0.871. The first-order valence-corrected chi connectivity index (χ1v) is 11.8. The van der Waals surface area contributed by atoms with E-state index in [2.05, 4.69) is 31.2 Å². The second kappa shape index (κ2) is 10.5. The van der Waals surface area contributed by atoms with E-state index in [1.54, 1.807) is 12.1 Å². The molecule has 2 aromatic carbocycles. The van der Waals surface area contributed by atoms with Gasteiger partial charge >= 0.3 is 0 Å². The molecule has 2 aromatic heterocycles. The maximum atomic E-state index is 12.8. The molecule has 0 saturated heterocycles. The van der Waals surface area contributed by atoms with Crippen LogP contribution in [0.3, 0.4) is 0 Å². The smallest absolute Gasteiger partial charge is 0.255 e. The molecule has 0 aliphatic carbocycles. The summed E-state index contributed by atoms with van der Waals surface area (Å²) in [4.78, 5) is 32.9. The number of hydrogen-bond donors (Lipinski definition) is 4. The molecule has 0 atom stereocenters. The molecule has 0 radical (unpaired) electrons. The van der Waals surface area contributed by atoms with Gasteiger partial charge in [-0.15, -0.1) is 0 Å². The van der Waals surface area contributed by atoms with Crippen molar-refractivity contribution < 1.29 is 9.59 Å². The first-order chi connectivity index (χ1) is 16.4. The number of fused-ring (bicyclic) bond motifs is 1. The molecule has 0 aliphatic rings. The highest BCUT2D eigenvalue weighted by molar-refractivity contribution is 7.22. The van der Waals surface area contributed by atoms with E-state index in [9.17, 15) is 9.59 Å². The van der Waals surface area contributed by atoms with Gasteiger partial charge in [0, 0.05) is 25.6 Å². The van der Waals surface area contributed by atoms with Crippen molar-refractivity contribution in [2.75, 3.05) is 29.0 Å². The highest BCUT2D eigenvalue weighted by atomic mass is 35.5. The Hall–Kier alpha value is -3.69. The van der Waals surface area contributed by atoms with Crippen LogP contribution in [0.4, 0.5) is 22.5 Å². The van der Waals surface area contributed by atoms with Gasteiger partial charge in [0.05, 0.1) is 20.9 Å². The highest BCUT2D eigenvalue weighted by Gasteiger charge is 2.13. The number of benzene rings is 2. The van der Waals surface area contributed by atoms with Crippen LogP contribution in [0.5, 0.6) is 0 Å². The van der Waals surface area contributed by atoms with Crippen molar-refractivity contribution in [3.05, 3.63) is 70.7 Å². The second-order valence-corrected chi connectivity index (χ2v) is 8.97. The van der Waals surface area contributed by atoms with Crippen molar-refractivity contribution in [1.82, 2.24) is 15.3 Å². The van der Waals surface area contributed by atoms with E-state index in [1.165, 1.54) is 18.3 Å². The number of carbonyl (C=O) groups is 2. The largest absolute Gasteiger partial charge is 0.368 e. The Labute approximate surface area is 205 Å². The molecule has 2 heterocycles. The van der Waals surface area contributed by atoms with Gasteiger partial charge in [-0.25, -0.2) is 9.97 Å². The number of anilines is 4. The molecule has 4 rings (SSSR count). The van der Waals surface area contributed by atoms with E-state index >= 15 is 0 Å². The van der Waals surface area contributed by atoms with Gasteiger partial charge in [0.15, 0.2) is 5.13 Å². The molecule has 0 unspecified atom stereocenters. The van der Waals surface area contributed by atoms with Gasteiger partial charge in [-0.2, -0.15) is 0 Å². The summed E-state index contributed by atoms with van der Waals surface area (Å²) >= 11 is 7.67. The Morgan fingerprint density at radius 3 is 2.59 bits per heavy atom. The Morgan fingerprint density at radius 2 is 1.79 bits per heavy atom. The highest BCUT2D eigenvalue weighted by Crippen LogP contribution is 2.30. The van der Waals surface area contributed by atoms with Gasteiger partial charge < -0.3 is 21.3 Å². The molecule has 8 nitrogen and oxygen atoms in total. The average molecular weight is 495 g/mol. The molecule has 0 fully saturated rings. The molecule has 34 heavy (non-hydrogen) atoms. The first kappa shape index (κ1) is 23.5. The van der Waals surface area contributed by atoms with Crippen molar-refractivity contribution in [3.8, 4) is 0 Å². The number of thiazole rings is 1. The third-order valence-electron chi connectivity index (χ3n) is 4.90. The van der Waals surface area contributed by atoms with Gasteiger partial charge in [-0.3, -0.25) is 9.59 Å². The van der Waals surface area contributed by atoms with Crippen LogP contribution in [0.25, 0.3) is 10.2 Å². The van der Waals surface area contributed by atoms with Gasteiger partial charge in [-0.05, 0) is 48.9 Å². The number of aryl methyl sites for hydroxylation is 1. The fourth-order valence-electron chi connectivity index (χ4n) is 3.24. The van der Waals surface area contributed by atoms with Gasteiger partial charge in [-0.1, -0.05) is 41.1 Å². The second-order valence-electron chi connectivity index (χ2n) is 7.53. The van der Waals surface area contributed by atoms with E-state index in [4.69, 9.17) is 11.6 Å². The zero-order chi connectivity index (χ0) is 24.1. The van der Waals surface area contributed by atoms with Crippen molar-refractivity contribution in [1.29, 1.82) is 0 Å². The van der Waals surface area contributed by atoms with Crippen LogP contribution in [0.2, 0.25) is 5.02 Å². The minimum absolute atomic E-state index is 0.0689. The van der Waals surface area contributed by atoms with Crippen molar-refractivity contribution >= 4 is 67.4 Å². The summed E-state index contributed by atoms with van der Waals surface area (Å²) in [6.45, 7) is 4.46. The summed E-state index contributed by atoms with van der Waals surface area (Å²) in [6.07, 6.45) is 0. The number of carbonyl (C=O) groups excluding carboxylic acids is 2. The molecular formula is C24H23ClN6O2S. The lowest BCUT2D eigenvalue weighted by Crippen LogP contribution is -2.26. The quantitative estimate of drug-likeness (QED) is 0.251.